The van der Waals surface area contributed by atoms with Crippen LogP contribution in [-0.2, 0) is 13.5 Å². The lowest BCUT2D eigenvalue weighted by Crippen LogP contribution is -2.04. The molecule has 94 valence electrons. The van der Waals surface area contributed by atoms with Gasteiger partial charge in [0.2, 0.25) is 0 Å². The summed E-state index contributed by atoms with van der Waals surface area (Å²) in [5.74, 6) is 0.0944. The van der Waals surface area contributed by atoms with Crippen LogP contribution in [0.1, 0.15) is 22.8 Å². The zero-order valence-corrected chi connectivity index (χ0v) is 10.7. The van der Waals surface area contributed by atoms with Gasteiger partial charge in [-0.05, 0) is 43.2 Å². The number of ketones is 1. The van der Waals surface area contributed by atoms with Gasteiger partial charge in [0.15, 0.2) is 5.78 Å². The Bertz CT molecular complexity index is 528. The molecule has 0 spiro atoms. The van der Waals surface area contributed by atoms with Gasteiger partial charge in [0.05, 0.1) is 6.20 Å². The second-order valence-electron chi connectivity index (χ2n) is 4.33. The smallest absolute Gasteiger partial charge is 0.159 e. The molecule has 0 saturated carbocycles. The van der Waals surface area contributed by atoms with E-state index < -0.39 is 0 Å². The van der Waals surface area contributed by atoms with Gasteiger partial charge in [-0.3, -0.25) is 9.48 Å². The molecular formula is C14H17N3O. The summed E-state index contributed by atoms with van der Waals surface area (Å²) in [7, 11) is 1.91. The van der Waals surface area contributed by atoms with Gasteiger partial charge < -0.3 is 5.32 Å². The van der Waals surface area contributed by atoms with Crippen LogP contribution in [0.25, 0.3) is 0 Å². The van der Waals surface area contributed by atoms with Crippen molar-refractivity contribution in [3.63, 3.8) is 0 Å². The molecule has 0 amide bonds. The van der Waals surface area contributed by atoms with Crippen LogP contribution in [0.4, 0.5) is 5.69 Å². The molecule has 18 heavy (non-hydrogen) atoms. The zero-order valence-electron chi connectivity index (χ0n) is 10.7. The predicted octanol–water partition coefficient (Wildman–Crippen LogP) is 2.28. The number of carbonyl (C=O) groups excluding carboxylic acids is 1. The largest absolute Gasteiger partial charge is 0.385 e. The van der Waals surface area contributed by atoms with Gasteiger partial charge in [0.25, 0.3) is 0 Å². The molecule has 1 N–H and O–H groups in total. The maximum Gasteiger partial charge on any atom is 0.159 e. The second kappa shape index (κ2) is 5.49. The average molecular weight is 243 g/mol. The molecule has 1 heterocycles. The first kappa shape index (κ1) is 12.4. The summed E-state index contributed by atoms with van der Waals surface area (Å²) in [6, 6.07) is 7.55. The maximum absolute atomic E-state index is 11.1. The van der Waals surface area contributed by atoms with E-state index in [1.165, 1.54) is 5.56 Å². The van der Waals surface area contributed by atoms with Crippen LogP contribution in [0, 0.1) is 0 Å². The highest BCUT2D eigenvalue weighted by Gasteiger charge is 1.99. The molecular weight excluding hydrogens is 226 g/mol. The Hall–Kier alpha value is -2.10. The number of hydrogen-bond acceptors (Lipinski definition) is 3. The first-order chi connectivity index (χ1) is 8.65. The van der Waals surface area contributed by atoms with E-state index in [2.05, 4.69) is 10.4 Å². The first-order valence-electron chi connectivity index (χ1n) is 5.97. The lowest BCUT2D eigenvalue weighted by molar-refractivity contribution is 0.101. The van der Waals surface area contributed by atoms with E-state index in [9.17, 15) is 4.79 Å². The monoisotopic (exact) mass is 243 g/mol. The number of carbonyl (C=O) groups is 1. The van der Waals surface area contributed by atoms with Gasteiger partial charge in [-0.2, -0.15) is 5.10 Å². The number of aryl methyl sites for hydroxylation is 1. The number of hydrogen-bond donors (Lipinski definition) is 1. The average Bonchev–Trinajstić information content (AvgIpc) is 2.76. The normalized spacial score (nSPS) is 10.3. The summed E-state index contributed by atoms with van der Waals surface area (Å²) in [5, 5.41) is 7.44. The van der Waals surface area contributed by atoms with Crippen LogP contribution in [0.15, 0.2) is 36.7 Å². The molecule has 4 heteroatoms. The standard InChI is InChI=1S/C14H17N3O/c1-11(18)13-3-5-14(6-4-13)15-8-7-12-9-16-17(2)10-12/h3-6,9-10,15H,7-8H2,1-2H3. The first-order valence-corrected chi connectivity index (χ1v) is 5.97. The van der Waals surface area contributed by atoms with Crippen molar-refractivity contribution in [2.75, 3.05) is 11.9 Å². The molecule has 0 bridgehead atoms. The number of anilines is 1. The van der Waals surface area contributed by atoms with Crippen molar-refractivity contribution in [2.24, 2.45) is 7.05 Å². The van der Waals surface area contributed by atoms with Crippen LogP contribution in [0.5, 0.6) is 0 Å². The number of benzene rings is 1. The van der Waals surface area contributed by atoms with Crippen LogP contribution in [0.2, 0.25) is 0 Å². The van der Waals surface area contributed by atoms with Crippen molar-refractivity contribution in [1.82, 2.24) is 9.78 Å². The van der Waals surface area contributed by atoms with E-state index >= 15 is 0 Å². The van der Waals surface area contributed by atoms with E-state index in [1.54, 1.807) is 11.6 Å². The summed E-state index contributed by atoms with van der Waals surface area (Å²) < 4.78 is 1.80. The van der Waals surface area contributed by atoms with E-state index in [0.717, 1.165) is 24.2 Å². The molecule has 1 aromatic carbocycles. The fraction of sp³-hybridized carbons (Fsp3) is 0.286. The van der Waals surface area contributed by atoms with Crippen molar-refractivity contribution < 1.29 is 4.79 Å². The van der Waals surface area contributed by atoms with Gasteiger partial charge in [-0.1, -0.05) is 0 Å². The van der Waals surface area contributed by atoms with E-state index in [4.69, 9.17) is 0 Å². The molecule has 0 saturated heterocycles. The molecule has 0 fully saturated rings. The van der Waals surface area contributed by atoms with Gasteiger partial charge in [-0.25, -0.2) is 0 Å². The number of nitrogens with zero attached hydrogens (tertiary/aromatic N) is 2. The highest BCUT2D eigenvalue weighted by atomic mass is 16.1. The molecule has 2 rings (SSSR count). The number of Topliss-reactive ketones (excluding diaryl/α,β-unsaturated/α-hetero) is 1. The third-order valence-corrected chi connectivity index (χ3v) is 2.79. The van der Waals surface area contributed by atoms with Crippen molar-refractivity contribution >= 4 is 11.5 Å². The van der Waals surface area contributed by atoms with Crippen LogP contribution in [0.3, 0.4) is 0 Å². The fourth-order valence-electron chi connectivity index (χ4n) is 1.77. The number of nitrogens with one attached hydrogen (secondary N) is 1. The van der Waals surface area contributed by atoms with E-state index in [1.807, 2.05) is 43.7 Å². The highest BCUT2D eigenvalue weighted by Crippen LogP contribution is 2.10. The molecule has 0 atom stereocenters. The summed E-state index contributed by atoms with van der Waals surface area (Å²) >= 11 is 0. The maximum atomic E-state index is 11.1. The van der Waals surface area contributed by atoms with Gasteiger partial charge in [-0.15, -0.1) is 0 Å². The van der Waals surface area contributed by atoms with Crippen LogP contribution < -0.4 is 5.32 Å². The Balaban J connectivity index is 1.85. The number of aromatic nitrogens is 2. The van der Waals surface area contributed by atoms with Crippen LogP contribution >= 0.6 is 0 Å². The Labute approximate surface area is 107 Å². The minimum Gasteiger partial charge on any atom is -0.385 e. The Morgan fingerprint density at radius 2 is 2.06 bits per heavy atom. The van der Waals surface area contributed by atoms with Gasteiger partial charge in [0.1, 0.15) is 0 Å². The van der Waals surface area contributed by atoms with Crippen LogP contribution in [-0.4, -0.2) is 22.1 Å². The minimum atomic E-state index is 0.0944. The lowest BCUT2D eigenvalue weighted by Gasteiger charge is -2.05. The van der Waals surface area contributed by atoms with Crippen molar-refractivity contribution in [3.05, 3.63) is 47.8 Å². The van der Waals surface area contributed by atoms with Crippen molar-refractivity contribution in [3.8, 4) is 0 Å². The molecule has 0 unspecified atom stereocenters. The number of rotatable bonds is 5. The predicted molar refractivity (Wildman–Crippen MR) is 71.8 cm³/mol. The molecule has 0 aliphatic rings. The molecule has 0 radical (unpaired) electrons. The molecule has 4 nitrogen and oxygen atoms in total. The van der Waals surface area contributed by atoms with Crippen molar-refractivity contribution in [1.29, 1.82) is 0 Å². The molecule has 2 aromatic rings. The lowest BCUT2D eigenvalue weighted by atomic mass is 10.1. The minimum absolute atomic E-state index is 0.0944. The highest BCUT2D eigenvalue weighted by molar-refractivity contribution is 5.94. The topological polar surface area (TPSA) is 46.9 Å². The molecule has 0 aliphatic carbocycles. The van der Waals surface area contributed by atoms with E-state index in [-0.39, 0.29) is 5.78 Å². The van der Waals surface area contributed by atoms with Crippen molar-refractivity contribution in [2.45, 2.75) is 13.3 Å². The summed E-state index contributed by atoms with van der Waals surface area (Å²) in [5.41, 5.74) is 2.99. The summed E-state index contributed by atoms with van der Waals surface area (Å²) in [6.45, 7) is 2.43. The molecule has 0 aliphatic heterocycles. The van der Waals surface area contributed by atoms with Gasteiger partial charge in [0, 0.05) is 31.0 Å². The second-order valence-corrected chi connectivity index (χ2v) is 4.33. The zero-order chi connectivity index (χ0) is 13.0. The summed E-state index contributed by atoms with van der Waals surface area (Å²) in [4.78, 5) is 11.1. The Kier molecular flexibility index (Phi) is 3.77. The SMILES string of the molecule is CC(=O)c1ccc(NCCc2cnn(C)c2)cc1. The quantitative estimate of drug-likeness (QED) is 0.819. The Morgan fingerprint density at radius 1 is 1.33 bits per heavy atom. The third-order valence-electron chi connectivity index (χ3n) is 2.79. The molecule has 1 aromatic heterocycles. The van der Waals surface area contributed by atoms with E-state index in [0.29, 0.717) is 0 Å². The summed E-state index contributed by atoms with van der Waals surface area (Å²) in [6.07, 6.45) is 4.82. The fourth-order valence-corrected chi connectivity index (χ4v) is 1.77. The Morgan fingerprint density at radius 3 is 2.61 bits per heavy atom. The van der Waals surface area contributed by atoms with Gasteiger partial charge >= 0.3 is 0 Å². The third kappa shape index (κ3) is 3.20.